The van der Waals surface area contributed by atoms with Crippen molar-refractivity contribution in [3.63, 3.8) is 0 Å². The number of rotatable bonds is 6. The Morgan fingerprint density at radius 3 is 2.52 bits per heavy atom. The van der Waals surface area contributed by atoms with E-state index in [2.05, 4.69) is 4.98 Å². The third-order valence-corrected chi connectivity index (χ3v) is 4.70. The van der Waals surface area contributed by atoms with Crippen LogP contribution in [0.3, 0.4) is 0 Å². The van der Waals surface area contributed by atoms with Crippen LogP contribution in [0.1, 0.15) is 17.4 Å². The fraction of sp³-hybridized carbons (Fsp3) is 0.444. The zero-order valence-electron chi connectivity index (χ0n) is 14.7. The number of aromatic nitrogens is 2. The van der Waals surface area contributed by atoms with Gasteiger partial charge in [-0.1, -0.05) is 30.3 Å². The minimum absolute atomic E-state index is 0.111. The molecule has 9 nitrogen and oxygen atoms in total. The van der Waals surface area contributed by atoms with Crippen LogP contribution in [-0.4, -0.2) is 55.9 Å². The average Bonchev–Trinajstić information content (AvgIpc) is 2.96. The highest BCUT2D eigenvalue weighted by atomic mass is 16.6. The van der Waals surface area contributed by atoms with Crippen LogP contribution >= 0.6 is 0 Å². The minimum Gasteiger partial charge on any atom is -0.393 e. The Balaban J connectivity index is 1.92. The Hall–Kier alpha value is -2.30. The molecule has 4 N–H and O–H groups in total. The van der Waals surface area contributed by atoms with Gasteiger partial charge < -0.3 is 24.8 Å². The van der Waals surface area contributed by atoms with E-state index in [1.165, 1.54) is 13.1 Å². The van der Waals surface area contributed by atoms with E-state index in [0.29, 0.717) is 0 Å². The van der Waals surface area contributed by atoms with Gasteiger partial charge in [0.2, 0.25) is 0 Å². The van der Waals surface area contributed by atoms with Crippen LogP contribution in [0.15, 0.2) is 46.1 Å². The van der Waals surface area contributed by atoms with Crippen molar-refractivity contribution >= 4 is 0 Å². The topological polar surface area (TPSA) is 134 Å². The maximum atomic E-state index is 12.1. The molecular weight excluding hydrogens is 356 g/mol. The largest absolute Gasteiger partial charge is 0.393 e. The van der Waals surface area contributed by atoms with Gasteiger partial charge in [-0.3, -0.25) is 14.3 Å². The van der Waals surface area contributed by atoms with Crippen LogP contribution in [0, 0.1) is 6.92 Å². The van der Waals surface area contributed by atoms with Gasteiger partial charge in [-0.15, -0.1) is 0 Å². The molecule has 0 radical (unpaired) electrons. The summed E-state index contributed by atoms with van der Waals surface area (Å²) in [5.74, 6) is 0. The molecule has 9 heteroatoms. The van der Waals surface area contributed by atoms with Crippen molar-refractivity contribution in [1.29, 1.82) is 0 Å². The van der Waals surface area contributed by atoms with Gasteiger partial charge in [-0.05, 0) is 12.5 Å². The van der Waals surface area contributed by atoms with E-state index < -0.39 is 48.5 Å². The molecule has 2 aromatic rings. The summed E-state index contributed by atoms with van der Waals surface area (Å²) >= 11 is 0. The Kier molecular flexibility index (Phi) is 5.59. The molecule has 146 valence electrons. The van der Waals surface area contributed by atoms with Crippen molar-refractivity contribution in [2.45, 2.75) is 37.6 Å². The summed E-state index contributed by atoms with van der Waals surface area (Å²) in [5.41, 5.74) is -1.85. The number of hydrogen-bond donors (Lipinski definition) is 4. The second-order valence-electron chi connectivity index (χ2n) is 6.58. The van der Waals surface area contributed by atoms with Gasteiger partial charge in [-0.25, -0.2) is 4.79 Å². The number of benzene rings is 1. The van der Waals surface area contributed by atoms with Crippen molar-refractivity contribution in [3.8, 4) is 0 Å². The second kappa shape index (κ2) is 7.75. The molecule has 1 aromatic carbocycles. The summed E-state index contributed by atoms with van der Waals surface area (Å²) < 4.78 is 12.5. The van der Waals surface area contributed by atoms with E-state index in [0.717, 1.165) is 10.1 Å². The van der Waals surface area contributed by atoms with E-state index in [-0.39, 0.29) is 12.2 Å². The number of H-pyrrole nitrogens is 1. The van der Waals surface area contributed by atoms with Crippen LogP contribution in [0.4, 0.5) is 0 Å². The lowest BCUT2D eigenvalue weighted by Crippen LogP contribution is -2.50. The summed E-state index contributed by atoms with van der Waals surface area (Å²) in [6, 6.07) is 9.17. The van der Waals surface area contributed by atoms with Gasteiger partial charge in [0.25, 0.3) is 5.56 Å². The van der Waals surface area contributed by atoms with Crippen molar-refractivity contribution in [2.75, 3.05) is 13.2 Å². The van der Waals surface area contributed by atoms with Gasteiger partial charge in [0.15, 0.2) is 6.23 Å². The molecule has 1 saturated heterocycles. The molecule has 0 bridgehead atoms. The van der Waals surface area contributed by atoms with Gasteiger partial charge >= 0.3 is 5.69 Å². The molecule has 0 unspecified atom stereocenters. The number of aryl methyl sites for hydroxylation is 1. The summed E-state index contributed by atoms with van der Waals surface area (Å²) in [6.45, 7) is 0.353. The highest BCUT2D eigenvalue weighted by Crippen LogP contribution is 2.38. The number of nitrogens with one attached hydrogen (secondary N) is 1. The SMILES string of the molecule is Cc1cn([C@@H]2OC(CO)(CO)[C@@H](OCc3ccccc3)[C@H]2O)c(=O)[nH]c1=O. The first-order valence-corrected chi connectivity index (χ1v) is 8.47. The Labute approximate surface area is 154 Å². The predicted molar refractivity (Wildman–Crippen MR) is 94.1 cm³/mol. The van der Waals surface area contributed by atoms with E-state index in [9.17, 15) is 24.9 Å². The molecule has 3 rings (SSSR count). The predicted octanol–water partition coefficient (Wildman–Crippen LogP) is -0.956. The standard InChI is InChI=1S/C18H22N2O7/c1-11-7-20(17(25)19-15(11)24)16-13(23)14(18(9-21,10-22)27-16)26-8-12-5-3-2-4-6-12/h2-7,13-14,16,21-23H,8-10H2,1H3,(H,19,24,25)/t13-,14+,16-/m1/s1. The Morgan fingerprint density at radius 2 is 1.89 bits per heavy atom. The first-order chi connectivity index (χ1) is 12.9. The average molecular weight is 378 g/mol. The summed E-state index contributed by atoms with van der Waals surface area (Å²) in [5, 5.41) is 30.4. The maximum absolute atomic E-state index is 12.1. The molecule has 1 aliphatic heterocycles. The van der Waals surface area contributed by atoms with Crippen LogP contribution in [0.25, 0.3) is 0 Å². The molecule has 0 amide bonds. The van der Waals surface area contributed by atoms with Crippen LogP contribution in [0.2, 0.25) is 0 Å². The normalized spacial score (nSPS) is 24.2. The lowest BCUT2D eigenvalue weighted by molar-refractivity contribution is -0.164. The van der Waals surface area contributed by atoms with Crippen molar-refractivity contribution in [1.82, 2.24) is 9.55 Å². The van der Waals surface area contributed by atoms with Crippen molar-refractivity contribution in [2.24, 2.45) is 0 Å². The minimum atomic E-state index is -1.61. The lowest BCUT2D eigenvalue weighted by Gasteiger charge is -2.30. The van der Waals surface area contributed by atoms with E-state index in [4.69, 9.17) is 9.47 Å². The van der Waals surface area contributed by atoms with Gasteiger partial charge in [0, 0.05) is 11.8 Å². The second-order valence-corrected chi connectivity index (χ2v) is 6.58. The molecule has 1 aliphatic rings. The van der Waals surface area contributed by atoms with Crippen molar-refractivity contribution < 1.29 is 24.8 Å². The zero-order valence-corrected chi connectivity index (χ0v) is 14.7. The van der Waals surface area contributed by atoms with Crippen molar-refractivity contribution in [3.05, 3.63) is 68.5 Å². The van der Waals surface area contributed by atoms with E-state index >= 15 is 0 Å². The first kappa shape index (κ1) is 19.5. The summed E-state index contributed by atoms with van der Waals surface area (Å²) in [4.78, 5) is 25.9. The van der Waals surface area contributed by atoms with E-state index in [1.807, 2.05) is 30.3 Å². The molecule has 0 spiro atoms. The van der Waals surface area contributed by atoms with Crippen LogP contribution in [0.5, 0.6) is 0 Å². The third kappa shape index (κ3) is 3.60. The zero-order chi connectivity index (χ0) is 19.6. The van der Waals surface area contributed by atoms with Gasteiger partial charge in [-0.2, -0.15) is 0 Å². The molecule has 2 heterocycles. The number of nitrogens with zero attached hydrogens (tertiary/aromatic N) is 1. The van der Waals surface area contributed by atoms with Crippen LogP contribution in [-0.2, 0) is 16.1 Å². The molecule has 1 fully saturated rings. The van der Waals surface area contributed by atoms with Gasteiger partial charge in [0.1, 0.15) is 17.8 Å². The quantitative estimate of drug-likeness (QED) is 0.509. The monoisotopic (exact) mass is 378 g/mol. The number of ether oxygens (including phenoxy) is 2. The highest BCUT2D eigenvalue weighted by Gasteiger charge is 2.56. The lowest BCUT2D eigenvalue weighted by atomic mass is 9.96. The maximum Gasteiger partial charge on any atom is 0.330 e. The van der Waals surface area contributed by atoms with Crippen LogP contribution < -0.4 is 11.2 Å². The first-order valence-electron chi connectivity index (χ1n) is 8.47. The number of aliphatic hydroxyl groups is 3. The Morgan fingerprint density at radius 1 is 1.22 bits per heavy atom. The summed E-state index contributed by atoms with van der Waals surface area (Å²) in [6.07, 6.45) is -2.45. The summed E-state index contributed by atoms with van der Waals surface area (Å²) in [7, 11) is 0. The fourth-order valence-corrected chi connectivity index (χ4v) is 3.15. The van der Waals surface area contributed by atoms with E-state index in [1.54, 1.807) is 0 Å². The molecule has 0 aliphatic carbocycles. The number of aliphatic hydroxyl groups excluding tert-OH is 3. The molecule has 27 heavy (non-hydrogen) atoms. The highest BCUT2D eigenvalue weighted by molar-refractivity contribution is 5.14. The third-order valence-electron chi connectivity index (χ3n) is 4.70. The molecule has 1 aromatic heterocycles. The fourth-order valence-electron chi connectivity index (χ4n) is 3.15. The molecule has 0 saturated carbocycles. The van der Waals surface area contributed by atoms with Gasteiger partial charge in [0.05, 0.1) is 19.8 Å². The molecule has 3 atom stereocenters. The number of hydrogen-bond acceptors (Lipinski definition) is 7. The smallest absolute Gasteiger partial charge is 0.330 e. The molecular formula is C18H22N2O7. The number of aromatic amines is 1. The Bertz CT molecular complexity index is 889.